The Morgan fingerprint density at radius 1 is 0.897 bits per heavy atom. The van der Waals surface area contributed by atoms with Crippen molar-refractivity contribution in [2.75, 3.05) is 0 Å². The predicted molar refractivity (Wildman–Crippen MR) is 114 cm³/mol. The SMILES string of the molecule is O=C(O)Cc1ccc(-c2c[nH]c3ncc(-c4cnc5ccccc5c4)cc23)cc1. The minimum absolute atomic E-state index is 0.0227. The van der Waals surface area contributed by atoms with E-state index in [1.54, 1.807) is 0 Å². The molecule has 5 rings (SSSR count). The summed E-state index contributed by atoms with van der Waals surface area (Å²) in [4.78, 5) is 23.2. The van der Waals surface area contributed by atoms with Crippen LogP contribution in [0.15, 0.2) is 79.3 Å². The van der Waals surface area contributed by atoms with E-state index in [9.17, 15) is 4.79 Å². The number of aromatic nitrogens is 3. The minimum Gasteiger partial charge on any atom is -0.481 e. The molecule has 0 spiro atoms. The van der Waals surface area contributed by atoms with Gasteiger partial charge in [-0.25, -0.2) is 4.98 Å². The Morgan fingerprint density at radius 3 is 2.48 bits per heavy atom. The number of H-pyrrole nitrogens is 1. The fourth-order valence-corrected chi connectivity index (χ4v) is 3.61. The average Bonchev–Trinajstić information content (AvgIpc) is 3.17. The summed E-state index contributed by atoms with van der Waals surface area (Å²) in [7, 11) is 0. The molecule has 0 saturated carbocycles. The first-order valence-corrected chi connectivity index (χ1v) is 9.31. The molecule has 5 aromatic rings. The summed E-state index contributed by atoms with van der Waals surface area (Å²) in [6, 6.07) is 19.9. The van der Waals surface area contributed by atoms with Gasteiger partial charge in [-0.2, -0.15) is 0 Å². The van der Waals surface area contributed by atoms with Crippen LogP contribution in [-0.4, -0.2) is 26.0 Å². The second-order valence-corrected chi connectivity index (χ2v) is 7.01. The number of carbonyl (C=O) groups is 1. The number of carboxylic acids is 1. The first kappa shape index (κ1) is 17.1. The summed E-state index contributed by atoms with van der Waals surface area (Å²) in [6.45, 7) is 0. The normalized spacial score (nSPS) is 11.2. The summed E-state index contributed by atoms with van der Waals surface area (Å²) in [5.74, 6) is -0.831. The van der Waals surface area contributed by atoms with Gasteiger partial charge in [0.1, 0.15) is 5.65 Å². The molecular formula is C24H17N3O2. The molecule has 0 radical (unpaired) electrons. The molecule has 2 aromatic carbocycles. The molecule has 3 aromatic heterocycles. The largest absolute Gasteiger partial charge is 0.481 e. The monoisotopic (exact) mass is 379 g/mol. The van der Waals surface area contributed by atoms with Crippen LogP contribution in [0.5, 0.6) is 0 Å². The van der Waals surface area contributed by atoms with Gasteiger partial charge in [-0.1, -0.05) is 42.5 Å². The molecule has 0 aliphatic heterocycles. The third kappa shape index (κ3) is 3.23. The average molecular weight is 379 g/mol. The van der Waals surface area contributed by atoms with Crippen LogP contribution < -0.4 is 0 Å². The molecule has 5 heteroatoms. The van der Waals surface area contributed by atoms with Gasteiger partial charge in [-0.05, 0) is 29.3 Å². The Bertz CT molecular complexity index is 1350. The van der Waals surface area contributed by atoms with Crippen molar-refractivity contribution in [2.45, 2.75) is 6.42 Å². The second kappa shape index (κ2) is 6.87. The van der Waals surface area contributed by atoms with Gasteiger partial charge >= 0.3 is 5.97 Å². The summed E-state index contributed by atoms with van der Waals surface area (Å²) < 4.78 is 0. The van der Waals surface area contributed by atoms with Crippen LogP contribution in [0.25, 0.3) is 44.2 Å². The van der Waals surface area contributed by atoms with E-state index < -0.39 is 5.97 Å². The van der Waals surface area contributed by atoms with Crippen molar-refractivity contribution < 1.29 is 9.90 Å². The van der Waals surface area contributed by atoms with Gasteiger partial charge in [0, 0.05) is 46.1 Å². The third-order valence-corrected chi connectivity index (χ3v) is 5.08. The Hall–Kier alpha value is -3.99. The van der Waals surface area contributed by atoms with Crippen LogP contribution in [0, 0.1) is 0 Å². The maximum Gasteiger partial charge on any atom is 0.307 e. The van der Waals surface area contributed by atoms with Crippen LogP contribution in [0.1, 0.15) is 5.56 Å². The number of fused-ring (bicyclic) bond motifs is 2. The molecule has 5 nitrogen and oxygen atoms in total. The van der Waals surface area contributed by atoms with Gasteiger partial charge in [0.15, 0.2) is 0 Å². The van der Waals surface area contributed by atoms with Crippen LogP contribution in [0.3, 0.4) is 0 Å². The van der Waals surface area contributed by atoms with E-state index in [0.717, 1.165) is 49.8 Å². The molecule has 140 valence electrons. The number of benzene rings is 2. The number of pyridine rings is 2. The highest BCUT2D eigenvalue weighted by molar-refractivity contribution is 5.96. The predicted octanol–water partition coefficient (Wildman–Crippen LogP) is 5.07. The van der Waals surface area contributed by atoms with Crippen LogP contribution in [0.4, 0.5) is 0 Å². The van der Waals surface area contributed by atoms with E-state index >= 15 is 0 Å². The van der Waals surface area contributed by atoms with E-state index in [4.69, 9.17) is 5.11 Å². The lowest BCUT2D eigenvalue weighted by Gasteiger charge is -2.05. The molecule has 0 saturated heterocycles. The third-order valence-electron chi connectivity index (χ3n) is 5.08. The number of nitrogens with one attached hydrogen (secondary N) is 1. The zero-order valence-electron chi connectivity index (χ0n) is 15.5. The van der Waals surface area contributed by atoms with Crippen molar-refractivity contribution in [3.63, 3.8) is 0 Å². The van der Waals surface area contributed by atoms with E-state index in [2.05, 4.69) is 33.2 Å². The topological polar surface area (TPSA) is 78.9 Å². The molecule has 0 amide bonds. The lowest BCUT2D eigenvalue weighted by Crippen LogP contribution is -1.99. The molecule has 3 heterocycles. The van der Waals surface area contributed by atoms with Gasteiger partial charge in [0.25, 0.3) is 0 Å². The number of aliphatic carboxylic acids is 1. The van der Waals surface area contributed by atoms with E-state index in [-0.39, 0.29) is 6.42 Å². The van der Waals surface area contributed by atoms with Gasteiger partial charge in [-0.3, -0.25) is 9.78 Å². The van der Waals surface area contributed by atoms with Gasteiger partial charge in [0.2, 0.25) is 0 Å². The number of nitrogens with zero attached hydrogens (tertiary/aromatic N) is 2. The molecule has 0 aliphatic carbocycles. The van der Waals surface area contributed by atoms with Crippen molar-refractivity contribution in [2.24, 2.45) is 0 Å². The summed E-state index contributed by atoms with van der Waals surface area (Å²) in [5.41, 5.74) is 6.62. The highest BCUT2D eigenvalue weighted by Gasteiger charge is 2.10. The molecule has 0 atom stereocenters. The van der Waals surface area contributed by atoms with Crippen LogP contribution in [0.2, 0.25) is 0 Å². The summed E-state index contributed by atoms with van der Waals surface area (Å²) in [6.07, 6.45) is 5.68. The fourth-order valence-electron chi connectivity index (χ4n) is 3.61. The van der Waals surface area contributed by atoms with Crippen LogP contribution in [-0.2, 0) is 11.2 Å². The zero-order valence-corrected chi connectivity index (χ0v) is 15.5. The lowest BCUT2D eigenvalue weighted by molar-refractivity contribution is -0.136. The highest BCUT2D eigenvalue weighted by atomic mass is 16.4. The van der Waals surface area contributed by atoms with Crippen LogP contribution >= 0.6 is 0 Å². The van der Waals surface area contributed by atoms with Crippen molar-refractivity contribution in [3.05, 3.63) is 84.8 Å². The molecular weight excluding hydrogens is 362 g/mol. The molecule has 0 fully saturated rings. The minimum atomic E-state index is -0.831. The Kier molecular flexibility index (Phi) is 4.06. The molecule has 0 bridgehead atoms. The number of para-hydroxylation sites is 1. The van der Waals surface area contributed by atoms with E-state index in [1.165, 1.54) is 0 Å². The summed E-state index contributed by atoms with van der Waals surface area (Å²) in [5, 5.41) is 11.1. The lowest BCUT2D eigenvalue weighted by atomic mass is 10.0. The van der Waals surface area contributed by atoms with Crippen molar-refractivity contribution in [1.82, 2.24) is 15.0 Å². The first-order chi connectivity index (χ1) is 14.2. The fraction of sp³-hybridized carbons (Fsp3) is 0.0417. The second-order valence-electron chi connectivity index (χ2n) is 7.01. The number of hydrogen-bond donors (Lipinski definition) is 2. The Labute approximate surface area is 166 Å². The van der Waals surface area contributed by atoms with Gasteiger partial charge in [0.05, 0.1) is 11.9 Å². The number of rotatable bonds is 4. The molecule has 0 unspecified atom stereocenters. The number of hydrogen-bond acceptors (Lipinski definition) is 3. The van der Waals surface area contributed by atoms with Crippen molar-refractivity contribution >= 4 is 27.9 Å². The van der Waals surface area contributed by atoms with Gasteiger partial charge in [-0.15, -0.1) is 0 Å². The Morgan fingerprint density at radius 2 is 1.66 bits per heavy atom. The molecule has 2 N–H and O–H groups in total. The van der Waals surface area contributed by atoms with Crippen molar-refractivity contribution in [1.29, 1.82) is 0 Å². The standard InChI is InChI=1S/C24H17N3O2/c28-23(29)9-15-5-7-16(8-6-15)21-14-27-24-20(21)11-19(13-26-24)18-10-17-3-1-2-4-22(17)25-12-18/h1-8,10-14H,9H2,(H,26,27)(H,28,29). The quantitative estimate of drug-likeness (QED) is 0.457. The molecule has 29 heavy (non-hydrogen) atoms. The number of carboxylic acid groups (broad SMARTS) is 1. The van der Waals surface area contributed by atoms with Crippen molar-refractivity contribution in [3.8, 4) is 22.3 Å². The Balaban J connectivity index is 1.57. The first-order valence-electron chi connectivity index (χ1n) is 9.31. The highest BCUT2D eigenvalue weighted by Crippen LogP contribution is 2.31. The molecule has 0 aliphatic rings. The summed E-state index contributed by atoms with van der Waals surface area (Å²) >= 11 is 0. The maximum absolute atomic E-state index is 10.9. The van der Waals surface area contributed by atoms with E-state index in [0.29, 0.717) is 0 Å². The van der Waals surface area contributed by atoms with E-state index in [1.807, 2.05) is 61.1 Å². The smallest absolute Gasteiger partial charge is 0.307 e. The maximum atomic E-state index is 10.9. The van der Waals surface area contributed by atoms with Gasteiger partial charge < -0.3 is 10.1 Å². The zero-order chi connectivity index (χ0) is 19.8. The number of aromatic amines is 1.